The Bertz CT molecular complexity index is 1300. The fraction of sp³-hybridized carbons (Fsp3) is 0.100. The van der Waals surface area contributed by atoms with Crippen molar-refractivity contribution in [2.24, 2.45) is 0 Å². The third-order valence-corrected chi connectivity index (χ3v) is 6.36. The summed E-state index contributed by atoms with van der Waals surface area (Å²) in [5.41, 5.74) is 1.58. The van der Waals surface area contributed by atoms with E-state index in [9.17, 15) is 8.42 Å². The molecule has 6 nitrogen and oxygen atoms in total. The maximum atomic E-state index is 12.9. The van der Waals surface area contributed by atoms with Crippen LogP contribution in [-0.4, -0.2) is 22.6 Å². The molecule has 0 atom stereocenters. The molecule has 0 aliphatic rings. The zero-order valence-electron chi connectivity index (χ0n) is 15.0. The first-order chi connectivity index (χ1) is 13.4. The average molecular weight is 462 g/mol. The van der Waals surface area contributed by atoms with Crippen molar-refractivity contribution in [2.45, 2.75) is 4.90 Å². The molecule has 4 rings (SSSR count). The molecule has 144 valence electrons. The van der Waals surface area contributed by atoms with E-state index in [4.69, 9.17) is 13.9 Å². The van der Waals surface area contributed by atoms with E-state index in [-0.39, 0.29) is 4.90 Å². The summed E-state index contributed by atoms with van der Waals surface area (Å²) < 4.78 is 45.3. The zero-order valence-corrected chi connectivity index (χ0v) is 17.4. The Morgan fingerprint density at radius 1 is 0.893 bits per heavy atom. The van der Waals surface area contributed by atoms with E-state index in [1.165, 1.54) is 26.4 Å². The van der Waals surface area contributed by atoms with Crippen LogP contribution >= 0.6 is 15.9 Å². The fourth-order valence-corrected chi connectivity index (χ4v) is 4.80. The van der Waals surface area contributed by atoms with E-state index in [0.717, 1.165) is 16.4 Å². The van der Waals surface area contributed by atoms with Crippen LogP contribution in [-0.2, 0) is 10.0 Å². The minimum Gasteiger partial charge on any atom is -0.496 e. The zero-order chi connectivity index (χ0) is 19.9. The third-order valence-electron chi connectivity index (χ3n) is 4.38. The normalized spacial score (nSPS) is 11.7. The van der Waals surface area contributed by atoms with Gasteiger partial charge in [0.25, 0.3) is 10.0 Å². The maximum Gasteiger partial charge on any atom is 0.262 e. The predicted octanol–water partition coefficient (Wildman–Crippen LogP) is 5.17. The first kappa shape index (κ1) is 18.6. The van der Waals surface area contributed by atoms with Crippen LogP contribution in [0.4, 0.5) is 5.69 Å². The molecule has 28 heavy (non-hydrogen) atoms. The first-order valence-corrected chi connectivity index (χ1v) is 10.6. The Labute approximate surface area is 170 Å². The summed E-state index contributed by atoms with van der Waals surface area (Å²) in [4.78, 5) is 0.0898. The molecule has 0 amide bonds. The molecular formula is C20H16BrNO5S. The monoisotopic (exact) mass is 461 g/mol. The summed E-state index contributed by atoms with van der Waals surface area (Å²) in [6, 6.07) is 15.5. The van der Waals surface area contributed by atoms with E-state index in [0.29, 0.717) is 27.2 Å². The van der Waals surface area contributed by atoms with Gasteiger partial charge >= 0.3 is 0 Å². The molecule has 0 saturated carbocycles. The van der Waals surface area contributed by atoms with Gasteiger partial charge in [-0.1, -0.05) is 18.2 Å². The SMILES string of the molecule is COc1ccc(S(=O)(=O)Nc2cc3oc4ccccc4c3cc2OC)cc1Br. The molecule has 1 aromatic heterocycles. The number of benzene rings is 3. The van der Waals surface area contributed by atoms with Crippen LogP contribution in [0.25, 0.3) is 21.9 Å². The topological polar surface area (TPSA) is 77.8 Å². The average Bonchev–Trinajstić information content (AvgIpc) is 3.04. The van der Waals surface area contributed by atoms with Gasteiger partial charge in [0.1, 0.15) is 22.7 Å². The van der Waals surface area contributed by atoms with Gasteiger partial charge < -0.3 is 13.9 Å². The number of rotatable bonds is 5. The quantitative estimate of drug-likeness (QED) is 0.443. The molecule has 4 aromatic rings. The van der Waals surface area contributed by atoms with Gasteiger partial charge in [0.2, 0.25) is 0 Å². The van der Waals surface area contributed by atoms with Crippen molar-refractivity contribution in [3.8, 4) is 11.5 Å². The summed E-state index contributed by atoms with van der Waals surface area (Å²) >= 11 is 3.31. The van der Waals surface area contributed by atoms with Crippen molar-refractivity contribution in [1.82, 2.24) is 0 Å². The predicted molar refractivity (Wildman–Crippen MR) is 112 cm³/mol. The Kier molecular flexibility index (Phi) is 4.68. The molecule has 0 saturated heterocycles. The van der Waals surface area contributed by atoms with Crippen LogP contribution in [0, 0.1) is 0 Å². The number of methoxy groups -OCH3 is 2. The lowest BCUT2D eigenvalue weighted by molar-refractivity contribution is 0.411. The molecule has 0 spiro atoms. The molecule has 1 heterocycles. The van der Waals surface area contributed by atoms with Gasteiger partial charge in [0.05, 0.1) is 29.3 Å². The summed E-state index contributed by atoms with van der Waals surface area (Å²) in [5.74, 6) is 0.940. The number of para-hydroxylation sites is 1. The number of sulfonamides is 1. The van der Waals surface area contributed by atoms with E-state index >= 15 is 0 Å². The molecule has 1 N–H and O–H groups in total. The van der Waals surface area contributed by atoms with E-state index in [2.05, 4.69) is 20.7 Å². The van der Waals surface area contributed by atoms with Gasteiger partial charge in [-0.2, -0.15) is 0 Å². The Morgan fingerprint density at radius 2 is 1.64 bits per heavy atom. The van der Waals surface area contributed by atoms with Gasteiger partial charge in [-0.25, -0.2) is 8.42 Å². The summed E-state index contributed by atoms with van der Waals surface area (Å²) in [6.07, 6.45) is 0. The van der Waals surface area contributed by atoms with Crippen molar-refractivity contribution in [3.63, 3.8) is 0 Å². The van der Waals surface area contributed by atoms with E-state index in [1.54, 1.807) is 18.2 Å². The van der Waals surface area contributed by atoms with Crippen molar-refractivity contribution in [2.75, 3.05) is 18.9 Å². The molecule has 0 unspecified atom stereocenters. The second kappa shape index (κ2) is 7.03. The highest BCUT2D eigenvalue weighted by molar-refractivity contribution is 9.10. The van der Waals surface area contributed by atoms with Crippen molar-refractivity contribution in [3.05, 3.63) is 59.1 Å². The number of halogens is 1. The molecule has 0 radical (unpaired) electrons. The summed E-state index contributed by atoms with van der Waals surface area (Å²) in [7, 11) is -0.844. The van der Waals surface area contributed by atoms with Gasteiger partial charge in [-0.3, -0.25) is 4.72 Å². The van der Waals surface area contributed by atoms with Crippen molar-refractivity contribution < 1.29 is 22.3 Å². The van der Waals surface area contributed by atoms with Crippen LogP contribution in [0.1, 0.15) is 0 Å². The van der Waals surface area contributed by atoms with Crippen molar-refractivity contribution >= 4 is 53.6 Å². The third kappa shape index (κ3) is 3.18. The standard InChI is InChI=1S/C20H16BrNO5S/c1-25-18-8-7-12(9-15(18)21)28(23,24)22-16-11-19-14(10-20(16)26-2)13-5-3-4-6-17(13)27-19/h3-11,22H,1-2H3. The van der Waals surface area contributed by atoms with Crippen LogP contribution in [0.2, 0.25) is 0 Å². The molecule has 3 aromatic carbocycles. The Morgan fingerprint density at radius 3 is 2.36 bits per heavy atom. The van der Waals surface area contributed by atoms with Crippen LogP contribution in [0.3, 0.4) is 0 Å². The smallest absolute Gasteiger partial charge is 0.262 e. The lowest BCUT2D eigenvalue weighted by Gasteiger charge is -2.13. The second-order valence-corrected chi connectivity index (χ2v) is 8.59. The number of fused-ring (bicyclic) bond motifs is 3. The van der Waals surface area contributed by atoms with Crippen LogP contribution < -0.4 is 14.2 Å². The van der Waals surface area contributed by atoms with Gasteiger partial charge in [-0.05, 0) is 46.3 Å². The highest BCUT2D eigenvalue weighted by atomic mass is 79.9. The highest BCUT2D eigenvalue weighted by Gasteiger charge is 2.20. The molecule has 0 bridgehead atoms. The lowest BCUT2D eigenvalue weighted by Crippen LogP contribution is -2.13. The van der Waals surface area contributed by atoms with Gasteiger partial charge in [0, 0.05) is 16.8 Å². The fourth-order valence-electron chi connectivity index (χ4n) is 3.02. The molecule has 0 aliphatic carbocycles. The first-order valence-electron chi connectivity index (χ1n) is 8.28. The number of furan rings is 1. The van der Waals surface area contributed by atoms with Crippen molar-refractivity contribution in [1.29, 1.82) is 0 Å². The number of ether oxygens (including phenoxy) is 2. The molecular weight excluding hydrogens is 446 g/mol. The van der Waals surface area contributed by atoms with Gasteiger partial charge in [0.15, 0.2) is 0 Å². The van der Waals surface area contributed by atoms with E-state index < -0.39 is 10.0 Å². The maximum absolute atomic E-state index is 12.9. The summed E-state index contributed by atoms with van der Waals surface area (Å²) in [5, 5.41) is 1.78. The lowest BCUT2D eigenvalue weighted by atomic mass is 10.1. The van der Waals surface area contributed by atoms with Gasteiger partial charge in [-0.15, -0.1) is 0 Å². The number of hydrogen-bond acceptors (Lipinski definition) is 5. The van der Waals surface area contributed by atoms with Crippen LogP contribution in [0.15, 0.2) is 68.4 Å². The molecule has 0 fully saturated rings. The van der Waals surface area contributed by atoms with E-state index in [1.807, 2.05) is 24.3 Å². The number of anilines is 1. The number of nitrogens with one attached hydrogen (secondary N) is 1. The Balaban J connectivity index is 1.79. The summed E-state index contributed by atoms with van der Waals surface area (Å²) in [6.45, 7) is 0. The highest BCUT2D eigenvalue weighted by Crippen LogP contribution is 2.37. The van der Waals surface area contributed by atoms with Crippen LogP contribution in [0.5, 0.6) is 11.5 Å². The Hall–Kier alpha value is -2.71. The molecule has 0 aliphatic heterocycles. The minimum atomic E-state index is -3.85. The minimum absolute atomic E-state index is 0.0898. The second-order valence-electron chi connectivity index (χ2n) is 6.05. The number of hydrogen-bond donors (Lipinski definition) is 1. The largest absolute Gasteiger partial charge is 0.496 e. The molecule has 8 heteroatoms.